The zero-order valence-corrected chi connectivity index (χ0v) is 22.3. The van der Waals surface area contributed by atoms with Crippen molar-refractivity contribution in [3.63, 3.8) is 0 Å². The first-order valence-electron chi connectivity index (χ1n) is 14.4. The molecule has 0 spiro atoms. The van der Waals surface area contributed by atoms with Crippen LogP contribution < -0.4 is 0 Å². The van der Waals surface area contributed by atoms with Crippen LogP contribution in [0, 0.1) is 52.7 Å². The summed E-state index contributed by atoms with van der Waals surface area (Å²) < 4.78 is 19.2. The third kappa shape index (κ3) is 4.58. The molecule has 0 aliphatic heterocycles. The molecule has 0 heterocycles. The van der Waals surface area contributed by atoms with E-state index in [1.54, 1.807) is 0 Å². The zero-order valence-electron chi connectivity index (χ0n) is 22.3. The Hall–Kier alpha value is -1.42. The Kier molecular flexibility index (Phi) is 7.32. The van der Waals surface area contributed by atoms with Crippen molar-refractivity contribution in [1.29, 1.82) is 0 Å². The lowest BCUT2D eigenvalue weighted by Crippen LogP contribution is -2.50. The smallest absolute Gasteiger partial charge is 0.226 e. The van der Waals surface area contributed by atoms with Crippen molar-refractivity contribution in [1.82, 2.24) is 4.90 Å². The Labute approximate surface area is 212 Å². The predicted octanol–water partition coefficient (Wildman–Crippen LogP) is 7.27. The van der Waals surface area contributed by atoms with Crippen LogP contribution in [0.5, 0.6) is 0 Å². The van der Waals surface area contributed by atoms with Gasteiger partial charge in [-0.05, 0) is 130 Å². The van der Waals surface area contributed by atoms with Crippen LogP contribution in [-0.4, -0.2) is 31.1 Å². The summed E-state index contributed by atoms with van der Waals surface area (Å²) in [5, 5.41) is 0. The molecule has 1 amide bonds. The van der Waals surface area contributed by atoms with Crippen molar-refractivity contribution >= 4 is 5.91 Å². The van der Waals surface area contributed by atoms with Gasteiger partial charge in [0.2, 0.25) is 5.91 Å². The zero-order chi connectivity index (χ0) is 24.7. The van der Waals surface area contributed by atoms with E-state index in [9.17, 15) is 9.18 Å². The van der Waals surface area contributed by atoms with Gasteiger partial charge in [0.25, 0.3) is 0 Å². The highest BCUT2D eigenvalue weighted by molar-refractivity contribution is 5.80. The SMILES string of the molecule is CCOCC1CCC2C(CCC3C2CCC2(C)C3CC[C@@H]2C(=O)N(C)C(C)c2ccc(F)cc2)C1. The number of ether oxygens (including phenoxy) is 1. The average molecular weight is 484 g/mol. The molecule has 4 saturated carbocycles. The van der Waals surface area contributed by atoms with Gasteiger partial charge in [0.15, 0.2) is 0 Å². The number of halogens is 1. The maximum absolute atomic E-state index is 13.8. The number of carbonyl (C=O) groups is 1. The fourth-order valence-corrected chi connectivity index (χ4v) is 9.19. The molecule has 1 aromatic rings. The molecule has 5 rings (SSSR count). The van der Waals surface area contributed by atoms with Crippen LogP contribution >= 0.6 is 0 Å². The van der Waals surface area contributed by atoms with Gasteiger partial charge in [-0.25, -0.2) is 4.39 Å². The lowest BCUT2D eigenvalue weighted by atomic mass is 9.49. The van der Waals surface area contributed by atoms with Crippen molar-refractivity contribution < 1.29 is 13.9 Å². The highest BCUT2D eigenvalue weighted by Crippen LogP contribution is 2.64. The minimum atomic E-state index is -0.227. The molecule has 4 fully saturated rings. The van der Waals surface area contributed by atoms with Gasteiger partial charge in [0.05, 0.1) is 6.04 Å². The number of hydrogen-bond acceptors (Lipinski definition) is 2. The number of amides is 1. The summed E-state index contributed by atoms with van der Waals surface area (Å²) in [7, 11) is 1.95. The molecule has 4 aliphatic carbocycles. The van der Waals surface area contributed by atoms with E-state index in [1.807, 2.05) is 24.1 Å². The highest BCUT2D eigenvalue weighted by atomic mass is 19.1. The van der Waals surface area contributed by atoms with Crippen molar-refractivity contribution in [2.75, 3.05) is 20.3 Å². The second kappa shape index (κ2) is 10.1. The Morgan fingerprint density at radius 3 is 2.54 bits per heavy atom. The first-order valence-corrected chi connectivity index (χ1v) is 14.4. The highest BCUT2D eigenvalue weighted by Gasteiger charge is 2.59. The van der Waals surface area contributed by atoms with Gasteiger partial charge in [-0.1, -0.05) is 19.1 Å². The monoisotopic (exact) mass is 483 g/mol. The van der Waals surface area contributed by atoms with Crippen LogP contribution in [0.15, 0.2) is 24.3 Å². The number of carbonyl (C=O) groups excluding carboxylic acids is 1. The van der Waals surface area contributed by atoms with Gasteiger partial charge in [-0.2, -0.15) is 0 Å². The summed E-state index contributed by atoms with van der Waals surface area (Å²) >= 11 is 0. The molecule has 4 aliphatic rings. The van der Waals surface area contributed by atoms with E-state index < -0.39 is 0 Å². The fraction of sp³-hybridized carbons (Fsp3) is 0.774. The molecule has 8 unspecified atom stereocenters. The normalized spacial score (nSPS) is 39.3. The van der Waals surface area contributed by atoms with Crippen LogP contribution in [0.25, 0.3) is 0 Å². The lowest BCUT2D eigenvalue weighted by Gasteiger charge is -2.56. The molecule has 1 aromatic carbocycles. The number of hydrogen-bond donors (Lipinski definition) is 0. The van der Waals surface area contributed by atoms with Crippen LogP contribution in [0.2, 0.25) is 0 Å². The lowest BCUT2D eigenvalue weighted by molar-refractivity contribution is -0.144. The molecule has 0 N–H and O–H groups in total. The molecule has 35 heavy (non-hydrogen) atoms. The predicted molar refractivity (Wildman–Crippen MR) is 138 cm³/mol. The summed E-state index contributed by atoms with van der Waals surface area (Å²) in [6.07, 6.45) is 11.7. The first-order chi connectivity index (χ1) is 16.8. The molecule has 9 atom stereocenters. The van der Waals surface area contributed by atoms with Gasteiger partial charge >= 0.3 is 0 Å². The topological polar surface area (TPSA) is 29.5 Å². The second-order valence-corrected chi connectivity index (χ2v) is 12.6. The van der Waals surface area contributed by atoms with E-state index in [2.05, 4.69) is 20.8 Å². The molecule has 4 heteroatoms. The van der Waals surface area contributed by atoms with Crippen molar-refractivity contribution in [3.8, 4) is 0 Å². The maximum atomic E-state index is 13.8. The number of rotatable bonds is 6. The molecule has 0 bridgehead atoms. The van der Waals surface area contributed by atoms with E-state index in [0.29, 0.717) is 11.8 Å². The Morgan fingerprint density at radius 2 is 1.80 bits per heavy atom. The number of fused-ring (bicyclic) bond motifs is 5. The van der Waals surface area contributed by atoms with Crippen LogP contribution in [0.4, 0.5) is 4.39 Å². The first kappa shape index (κ1) is 25.2. The molecule has 3 nitrogen and oxygen atoms in total. The largest absolute Gasteiger partial charge is 0.381 e. The van der Waals surface area contributed by atoms with Crippen molar-refractivity contribution in [2.45, 2.75) is 84.6 Å². The molecule has 0 aromatic heterocycles. The van der Waals surface area contributed by atoms with Crippen molar-refractivity contribution in [3.05, 3.63) is 35.6 Å². The van der Waals surface area contributed by atoms with Crippen LogP contribution in [0.3, 0.4) is 0 Å². The summed E-state index contributed by atoms with van der Waals surface area (Å²) in [5.74, 6) is 5.18. The van der Waals surface area contributed by atoms with E-state index in [0.717, 1.165) is 54.8 Å². The Morgan fingerprint density at radius 1 is 1.06 bits per heavy atom. The van der Waals surface area contributed by atoms with Gasteiger partial charge in [0.1, 0.15) is 5.82 Å². The standard InChI is InChI=1S/C31H46FNO2/c1-5-35-19-21-6-12-25-23(18-21)9-13-27-26(25)16-17-31(3)28(27)14-15-29(31)30(34)33(4)20(2)22-7-10-24(32)11-8-22/h7-8,10-11,20-21,23,25-29H,5-6,9,12-19H2,1-4H3/t20?,21?,23?,25?,26?,27?,28?,29-,31?/m1/s1. The minimum absolute atomic E-state index is 0.0376. The number of nitrogens with zero attached hydrogens (tertiary/aromatic N) is 1. The van der Waals surface area contributed by atoms with E-state index in [4.69, 9.17) is 4.74 Å². The third-order valence-electron chi connectivity index (χ3n) is 11.2. The van der Waals surface area contributed by atoms with Crippen LogP contribution in [-0.2, 0) is 9.53 Å². The minimum Gasteiger partial charge on any atom is -0.381 e. The Balaban J connectivity index is 1.26. The van der Waals surface area contributed by atoms with Gasteiger partial charge in [-0.3, -0.25) is 4.79 Å². The summed E-state index contributed by atoms with van der Waals surface area (Å²) in [6.45, 7) is 8.43. The molecule has 194 valence electrons. The molecule has 0 saturated heterocycles. The molecular formula is C31H46FNO2. The van der Waals surface area contributed by atoms with E-state index in [-0.39, 0.29) is 23.2 Å². The van der Waals surface area contributed by atoms with Gasteiger partial charge in [-0.15, -0.1) is 0 Å². The quantitative estimate of drug-likeness (QED) is 0.426. The average Bonchev–Trinajstić information content (AvgIpc) is 3.23. The van der Waals surface area contributed by atoms with E-state index >= 15 is 0 Å². The van der Waals surface area contributed by atoms with Gasteiger partial charge < -0.3 is 9.64 Å². The summed E-state index contributed by atoms with van der Waals surface area (Å²) in [5.41, 5.74) is 1.14. The Bertz CT molecular complexity index is 886. The maximum Gasteiger partial charge on any atom is 0.226 e. The summed E-state index contributed by atoms with van der Waals surface area (Å²) in [6, 6.07) is 6.59. The van der Waals surface area contributed by atoms with Crippen LogP contribution in [0.1, 0.15) is 90.2 Å². The van der Waals surface area contributed by atoms with Gasteiger partial charge in [0, 0.05) is 26.2 Å². The number of benzene rings is 1. The molecule has 0 radical (unpaired) electrons. The van der Waals surface area contributed by atoms with Crippen molar-refractivity contribution in [2.24, 2.45) is 46.8 Å². The fourth-order valence-electron chi connectivity index (χ4n) is 9.19. The second-order valence-electron chi connectivity index (χ2n) is 12.6. The third-order valence-corrected chi connectivity index (χ3v) is 11.2. The summed E-state index contributed by atoms with van der Waals surface area (Å²) in [4.78, 5) is 15.8. The van der Waals surface area contributed by atoms with E-state index in [1.165, 1.54) is 63.5 Å². The molecular weight excluding hydrogens is 437 g/mol.